The predicted octanol–water partition coefficient (Wildman–Crippen LogP) is 2.79. The van der Waals surface area contributed by atoms with E-state index in [4.69, 9.17) is 9.47 Å². The Labute approximate surface area is 134 Å². The van der Waals surface area contributed by atoms with Gasteiger partial charge in [-0.25, -0.2) is 9.78 Å². The first-order valence-electron chi connectivity index (χ1n) is 7.65. The number of hydrogen-bond acceptors (Lipinski definition) is 5. The number of hydrogen-bond donors (Lipinski definition) is 1. The summed E-state index contributed by atoms with van der Waals surface area (Å²) in [4.78, 5) is 30.3. The van der Waals surface area contributed by atoms with E-state index in [-0.39, 0.29) is 12.2 Å². The number of nitrogens with zero attached hydrogens (tertiary/aromatic N) is 1. The highest BCUT2D eigenvalue weighted by Gasteiger charge is 2.13. The summed E-state index contributed by atoms with van der Waals surface area (Å²) in [5.74, 6) is 0.489. The molecule has 0 aliphatic carbocycles. The summed E-state index contributed by atoms with van der Waals surface area (Å²) in [5, 5.41) is 0. The van der Waals surface area contributed by atoms with E-state index in [1.807, 2.05) is 24.3 Å². The highest BCUT2D eigenvalue weighted by Crippen LogP contribution is 2.18. The molecule has 0 saturated heterocycles. The van der Waals surface area contributed by atoms with Crippen molar-refractivity contribution in [1.82, 2.24) is 9.97 Å². The monoisotopic (exact) mass is 316 g/mol. The summed E-state index contributed by atoms with van der Waals surface area (Å²) in [6.07, 6.45) is 3.32. The van der Waals surface area contributed by atoms with Gasteiger partial charge in [-0.15, -0.1) is 0 Å². The molecule has 6 heteroatoms. The second-order valence-electron chi connectivity index (χ2n) is 4.92. The van der Waals surface area contributed by atoms with Gasteiger partial charge in [0.2, 0.25) is 0 Å². The van der Waals surface area contributed by atoms with Crippen LogP contribution in [-0.2, 0) is 4.74 Å². The number of aromatic amines is 1. The fourth-order valence-electron chi connectivity index (χ4n) is 1.94. The topological polar surface area (TPSA) is 81.3 Å². The van der Waals surface area contributed by atoms with E-state index in [0.717, 1.165) is 24.2 Å². The Hall–Kier alpha value is -2.63. The van der Waals surface area contributed by atoms with Crippen LogP contribution in [0.25, 0.3) is 11.4 Å². The lowest BCUT2D eigenvalue weighted by atomic mass is 10.2. The Bertz CT molecular complexity index is 707. The van der Waals surface area contributed by atoms with Crippen LogP contribution in [0.15, 0.2) is 35.3 Å². The third-order valence-electron chi connectivity index (χ3n) is 3.19. The van der Waals surface area contributed by atoms with Gasteiger partial charge in [-0.3, -0.25) is 4.79 Å². The van der Waals surface area contributed by atoms with Gasteiger partial charge in [0.15, 0.2) is 0 Å². The first-order chi connectivity index (χ1) is 11.2. The van der Waals surface area contributed by atoms with Gasteiger partial charge < -0.3 is 14.5 Å². The fourth-order valence-corrected chi connectivity index (χ4v) is 1.94. The van der Waals surface area contributed by atoms with Crippen LogP contribution >= 0.6 is 0 Å². The van der Waals surface area contributed by atoms with E-state index in [9.17, 15) is 9.59 Å². The second kappa shape index (κ2) is 8.12. The average molecular weight is 316 g/mol. The number of carbonyl (C=O) groups is 1. The van der Waals surface area contributed by atoms with Crippen LogP contribution in [0.2, 0.25) is 0 Å². The van der Waals surface area contributed by atoms with Crippen molar-refractivity contribution in [2.24, 2.45) is 0 Å². The summed E-state index contributed by atoms with van der Waals surface area (Å²) in [6.45, 7) is 4.67. The Balaban J connectivity index is 2.14. The van der Waals surface area contributed by atoms with Gasteiger partial charge in [0.05, 0.1) is 13.2 Å². The van der Waals surface area contributed by atoms with Crippen LogP contribution < -0.4 is 10.3 Å². The molecule has 1 heterocycles. The first kappa shape index (κ1) is 16.7. The van der Waals surface area contributed by atoms with Crippen molar-refractivity contribution in [2.45, 2.75) is 26.7 Å². The number of ether oxygens (including phenoxy) is 2. The second-order valence-corrected chi connectivity index (χ2v) is 4.92. The number of benzene rings is 1. The zero-order chi connectivity index (χ0) is 16.7. The molecule has 0 atom stereocenters. The molecule has 0 aliphatic heterocycles. The normalized spacial score (nSPS) is 10.3. The number of aromatic nitrogens is 2. The van der Waals surface area contributed by atoms with E-state index in [2.05, 4.69) is 16.9 Å². The van der Waals surface area contributed by atoms with Gasteiger partial charge in [-0.1, -0.05) is 13.3 Å². The van der Waals surface area contributed by atoms with Crippen molar-refractivity contribution >= 4 is 5.97 Å². The smallest absolute Gasteiger partial charge is 0.345 e. The van der Waals surface area contributed by atoms with Gasteiger partial charge in [-0.05, 0) is 37.6 Å². The third-order valence-corrected chi connectivity index (χ3v) is 3.19. The van der Waals surface area contributed by atoms with Gasteiger partial charge in [0.1, 0.15) is 17.1 Å². The van der Waals surface area contributed by atoms with Gasteiger partial charge in [0.25, 0.3) is 5.56 Å². The zero-order valence-corrected chi connectivity index (χ0v) is 13.3. The Morgan fingerprint density at radius 1 is 1.22 bits per heavy atom. The lowest BCUT2D eigenvalue weighted by molar-refractivity contribution is 0.0524. The van der Waals surface area contributed by atoms with Gasteiger partial charge in [0, 0.05) is 11.8 Å². The maximum Gasteiger partial charge on any atom is 0.345 e. The number of esters is 1. The van der Waals surface area contributed by atoms with E-state index in [1.165, 1.54) is 6.20 Å². The standard InChI is InChI=1S/C17H20N2O4/c1-3-5-10-23-13-8-6-12(7-9-13)15-18-11-14(16(20)19-15)17(21)22-4-2/h6-9,11H,3-5,10H2,1-2H3,(H,18,19,20). The van der Waals surface area contributed by atoms with Crippen molar-refractivity contribution in [3.05, 3.63) is 46.4 Å². The number of unbranched alkanes of at least 4 members (excludes halogenated alkanes) is 1. The van der Waals surface area contributed by atoms with Crippen molar-refractivity contribution in [1.29, 1.82) is 0 Å². The molecule has 6 nitrogen and oxygen atoms in total. The molecule has 122 valence electrons. The van der Waals surface area contributed by atoms with E-state index in [1.54, 1.807) is 6.92 Å². The summed E-state index contributed by atoms with van der Waals surface area (Å²) < 4.78 is 10.4. The van der Waals surface area contributed by atoms with Crippen LogP contribution in [0.3, 0.4) is 0 Å². The van der Waals surface area contributed by atoms with Crippen molar-refractivity contribution in [2.75, 3.05) is 13.2 Å². The molecule has 0 unspecified atom stereocenters. The molecular weight excluding hydrogens is 296 g/mol. The highest BCUT2D eigenvalue weighted by molar-refractivity contribution is 5.88. The molecule has 1 aromatic carbocycles. The van der Waals surface area contributed by atoms with E-state index in [0.29, 0.717) is 12.4 Å². The maximum absolute atomic E-state index is 11.9. The molecule has 2 rings (SSSR count). The molecule has 0 bridgehead atoms. The Morgan fingerprint density at radius 3 is 2.57 bits per heavy atom. The highest BCUT2D eigenvalue weighted by atomic mass is 16.5. The quantitative estimate of drug-likeness (QED) is 0.627. The molecule has 0 amide bonds. The predicted molar refractivity (Wildman–Crippen MR) is 86.7 cm³/mol. The minimum Gasteiger partial charge on any atom is -0.494 e. The number of H-pyrrole nitrogens is 1. The molecule has 1 aromatic heterocycles. The minimum absolute atomic E-state index is 0.102. The van der Waals surface area contributed by atoms with Crippen molar-refractivity contribution in [3.63, 3.8) is 0 Å². The largest absolute Gasteiger partial charge is 0.494 e. The van der Waals surface area contributed by atoms with Crippen LogP contribution in [0.5, 0.6) is 5.75 Å². The molecule has 1 N–H and O–H groups in total. The summed E-state index contributed by atoms with van der Waals surface area (Å²) in [7, 11) is 0. The number of rotatable bonds is 7. The molecule has 0 saturated carbocycles. The van der Waals surface area contributed by atoms with E-state index >= 15 is 0 Å². The molecule has 23 heavy (non-hydrogen) atoms. The fraction of sp³-hybridized carbons (Fsp3) is 0.353. The van der Waals surface area contributed by atoms with Crippen molar-refractivity contribution < 1.29 is 14.3 Å². The van der Waals surface area contributed by atoms with Gasteiger partial charge >= 0.3 is 5.97 Å². The summed E-state index contributed by atoms with van der Waals surface area (Å²) in [5.41, 5.74) is 0.118. The molecule has 0 fully saturated rings. The molecule has 2 aromatic rings. The molecule has 0 aliphatic rings. The van der Waals surface area contributed by atoms with Crippen molar-refractivity contribution in [3.8, 4) is 17.1 Å². The summed E-state index contributed by atoms with van der Waals surface area (Å²) in [6, 6.07) is 7.27. The van der Waals surface area contributed by atoms with Crippen LogP contribution in [0.4, 0.5) is 0 Å². The zero-order valence-electron chi connectivity index (χ0n) is 13.3. The van der Waals surface area contributed by atoms with Crippen LogP contribution in [-0.4, -0.2) is 29.2 Å². The Morgan fingerprint density at radius 2 is 1.96 bits per heavy atom. The van der Waals surface area contributed by atoms with Gasteiger partial charge in [-0.2, -0.15) is 0 Å². The average Bonchev–Trinajstić information content (AvgIpc) is 2.56. The minimum atomic E-state index is -0.674. The molecular formula is C17H20N2O4. The lowest BCUT2D eigenvalue weighted by Crippen LogP contribution is -2.20. The first-order valence-corrected chi connectivity index (χ1v) is 7.65. The Kier molecular flexibility index (Phi) is 5.91. The van der Waals surface area contributed by atoms with Crippen LogP contribution in [0, 0.1) is 0 Å². The lowest BCUT2D eigenvalue weighted by Gasteiger charge is -2.07. The van der Waals surface area contributed by atoms with E-state index < -0.39 is 11.5 Å². The number of carbonyl (C=O) groups excluding carboxylic acids is 1. The third kappa shape index (κ3) is 4.42. The summed E-state index contributed by atoms with van der Waals surface area (Å²) >= 11 is 0. The molecule has 0 radical (unpaired) electrons. The SMILES string of the molecule is CCCCOc1ccc(-c2ncc(C(=O)OCC)c(=O)[nH]2)cc1. The number of nitrogens with one attached hydrogen (secondary N) is 1. The molecule has 0 spiro atoms. The van der Waals surface area contributed by atoms with Crippen LogP contribution in [0.1, 0.15) is 37.0 Å². The maximum atomic E-state index is 11.9.